The Morgan fingerprint density at radius 1 is 1.17 bits per heavy atom. The minimum atomic E-state index is -0.0204. The summed E-state index contributed by atoms with van der Waals surface area (Å²) >= 11 is 0. The highest BCUT2D eigenvalue weighted by molar-refractivity contribution is 5.89. The van der Waals surface area contributed by atoms with E-state index >= 15 is 0 Å². The van der Waals surface area contributed by atoms with Gasteiger partial charge in [0, 0.05) is 44.9 Å². The second-order valence-corrected chi connectivity index (χ2v) is 9.20. The molecule has 1 aromatic carbocycles. The molecule has 4 rings (SSSR count). The van der Waals surface area contributed by atoms with Crippen LogP contribution < -0.4 is 5.32 Å². The lowest BCUT2D eigenvalue weighted by Gasteiger charge is -2.47. The van der Waals surface area contributed by atoms with Gasteiger partial charge in [-0.05, 0) is 74.6 Å². The fourth-order valence-corrected chi connectivity index (χ4v) is 5.14. The number of nitrogens with zero attached hydrogens (tertiary/aromatic N) is 2. The number of aryl methyl sites for hydroxylation is 2. The molecule has 3 heterocycles. The van der Waals surface area contributed by atoms with E-state index in [0.29, 0.717) is 6.42 Å². The van der Waals surface area contributed by atoms with Crippen molar-refractivity contribution in [1.29, 1.82) is 0 Å². The molecule has 1 spiro atoms. The summed E-state index contributed by atoms with van der Waals surface area (Å²) in [5.74, 6) is 0.265. The Morgan fingerprint density at radius 3 is 2.55 bits per heavy atom. The number of hydrogen-bond donors (Lipinski definition) is 1. The second-order valence-electron chi connectivity index (χ2n) is 9.20. The van der Waals surface area contributed by atoms with E-state index in [1.54, 1.807) is 0 Å². The minimum Gasteiger partial charge on any atom is -0.376 e. The van der Waals surface area contributed by atoms with Crippen molar-refractivity contribution in [2.75, 3.05) is 38.1 Å². The summed E-state index contributed by atoms with van der Waals surface area (Å²) in [4.78, 5) is 29.1. The number of amides is 3. The highest BCUT2D eigenvalue weighted by Crippen LogP contribution is 2.40. The number of carbonyl (C=O) groups excluding carboxylic acids is 2. The molecule has 3 fully saturated rings. The SMILES string of the molecule is Cc1cc(C)cc(NC(=O)N2CCC3(CCC(=O)N(C[C@H]4CCCO4)C3)CC2)c1. The summed E-state index contributed by atoms with van der Waals surface area (Å²) in [6.45, 7) is 7.95. The fraction of sp³-hybridized carbons (Fsp3) is 0.652. The third-order valence-corrected chi connectivity index (χ3v) is 6.78. The van der Waals surface area contributed by atoms with Gasteiger partial charge in [0.05, 0.1) is 6.10 Å². The van der Waals surface area contributed by atoms with Crippen molar-refractivity contribution in [3.8, 4) is 0 Å². The van der Waals surface area contributed by atoms with E-state index in [9.17, 15) is 9.59 Å². The summed E-state index contributed by atoms with van der Waals surface area (Å²) in [5, 5.41) is 3.05. The highest BCUT2D eigenvalue weighted by atomic mass is 16.5. The van der Waals surface area contributed by atoms with Gasteiger partial charge < -0.3 is 19.9 Å². The van der Waals surface area contributed by atoms with E-state index in [-0.39, 0.29) is 23.5 Å². The monoisotopic (exact) mass is 399 g/mol. The Bertz CT molecular complexity index is 744. The first kappa shape index (κ1) is 20.2. The predicted octanol–water partition coefficient (Wildman–Crippen LogP) is 3.72. The molecule has 3 aliphatic heterocycles. The van der Waals surface area contributed by atoms with Crippen LogP contribution in [0.25, 0.3) is 0 Å². The largest absolute Gasteiger partial charge is 0.376 e. The van der Waals surface area contributed by atoms with Crippen molar-refractivity contribution >= 4 is 17.6 Å². The fourth-order valence-electron chi connectivity index (χ4n) is 5.14. The van der Waals surface area contributed by atoms with Crippen LogP contribution in [0.4, 0.5) is 10.5 Å². The maximum absolute atomic E-state index is 12.7. The first-order valence-corrected chi connectivity index (χ1v) is 11.0. The van der Waals surface area contributed by atoms with Crippen LogP contribution in [0.1, 0.15) is 49.7 Å². The van der Waals surface area contributed by atoms with Gasteiger partial charge in [0.2, 0.25) is 5.91 Å². The topological polar surface area (TPSA) is 61.9 Å². The Balaban J connectivity index is 1.33. The molecule has 3 aliphatic rings. The standard InChI is InChI=1S/C23H33N3O3/c1-17-12-18(2)14-19(13-17)24-22(28)25-9-7-23(8-10-25)6-5-21(27)26(16-23)15-20-4-3-11-29-20/h12-14,20H,3-11,15-16H2,1-2H3,(H,24,28)/t20-/m1/s1. The second kappa shape index (κ2) is 8.34. The molecule has 0 aromatic heterocycles. The molecule has 6 heteroatoms. The molecular weight excluding hydrogens is 366 g/mol. The maximum atomic E-state index is 12.7. The lowest BCUT2D eigenvalue weighted by molar-refractivity contribution is -0.140. The quantitative estimate of drug-likeness (QED) is 0.843. The number of benzene rings is 1. The first-order chi connectivity index (χ1) is 13.9. The van der Waals surface area contributed by atoms with Gasteiger partial charge in [-0.2, -0.15) is 0 Å². The van der Waals surface area contributed by atoms with Crippen molar-refractivity contribution in [2.45, 2.75) is 58.5 Å². The van der Waals surface area contributed by atoms with Gasteiger partial charge in [0.15, 0.2) is 0 Å². The third kappa shape index (κ3) is 4.74. The zero-order valence-electron chi connectivity index (χ0n) is 17.7. The maximum Gasteiger partial charge on any atom is 0.321 e. The number of carbonyl (C=O) groups is 2. The van der Waals surface area contributed by atoms with Crippen LogP contribution in [-0.2, 0) is 9.53 Å². The molecule has 3 saturated heterocycles. The third-order valence-electron chi connectivity index (χ3n) is 6.78. The van der Waals surface area contributed by atoms with Crippen molar-refractivity contribution < 1.29 is 14.3 Å². The van der Waals surface area contributed by atoms with E-state index in [1.807, 2.05) is 35.8 Å². The van der Waals surface area contributed by atoms with Gasteiger partial charge in [-0.25, -0.2) is 4.79 Å². The van der Waals surface area contributed by atoms with Crippen molar-refractivity contribution in [2.24, 2.45) is 5.41 Å². The molecule has 1 aromatic rings. The van der Waals surface area contributed by atoms with Crippen LogP contribution in [-0.4, -0.2) is 60.6 Å². The van der Waals surface area contributed by atoms with Gasteiger partial charge in [0.1, 0.15) is 0 Å². The number of hydrogen-bond acceptors (Lipinski definition) is 3. The Kier molecular flexibility index (Phi) is 5.81. The minimum absolute atomic E-state index is 0.0204. The van der Waals surface area contributed by atoms with Crippen LogP contribution in [0.3, 0.4) is 0 Å². The lowest BCUT2D eigenvalue weighted by atomic mass is 9.72. The summed E-state index contributed by atoms with van der Waals surface area (Å²) < 4.78 is 5.75. The van der Waals surface area contributed by atoms with Crippen molar-refractivity contribution in [3.05, 3.63) is 29.3 Å². The Labute approximate surface area is 173 Å². The van der Waals surface area contributed by atoms with Gasteiger partial charge in [0.25, 0.3) is 0 Å². The number of urea groups is 1. The molecular formula is C23H33N3O3. The van der Waals surface area contributed by atoms with E-state index < -0.39 is 0 Å². The predicted molar refractivity (Wildman–Crippen MR) is 113 cm³/mol. The molecule has 158 valence electrons. The number of nitrogens with one attached hydrogen (secondary N) is 1. The summed E-state index contributed by atoms with van der Waals surface area (Å²) in [7, 11) is 0. The molecule has 0 saturated carbocycles. The molecule has 29 heavy (non-hydrogen) atoms. The number of rotatable bonds is 3. The van der Waals surface area contributed by atoms with Crippen LogP contribution in [0.5, 0.6) is 0 Å². The average molecular weight is 400 g/mol. The smallest absolute Gasteiger partial charge is 0.321 e. The normalized spacial score (nSPS) is 24.2. The molecule has 6 nitrogen and oxygen atoms in total. The molecule has 0 unspecified atom stereocenters. The first-order valence-electron chi connectivity index (χ1n) is 11.0. The molecule has 0 radical (unpaired) electrons. The van der Waals surface area contributed by atoms with Crippen LogP contribution in [0.2, 0.25) is 0 Å². The Morgan fingerprint density at radius 2 is 1.90 bits per heavy atom. The number of ether oxygens (including phenoxy) is 1. The van der Waals surface area contributed by atoms with Crippen LogP contribution in [0, 0.1) is 19.3 Å². The van der Waals surface area contributed by atoms with E-state index in [4.69, 9.17) is 4.74 Å². The molecule has 3 amide bonds. The van der Waals surface area contributed by atoms with Crippen molar-refractivity contribution in [3.63, 3.8) is 0 Å². The van der Waals surface area contributed by atoms with Crippen LogP contribution >= 0.6 is 0 Å². The summed E-state index contributed by atoms with van der Waals surface area (Å²) in [5.41, 5.74) is 3.31. The Hall–Kier alpha value is -2.08. The summed E-state index contributed by atoms with van der Waals surface area (Å²) in [6, 6.07) is 6.10. The van der Waals surface area contributed by atoms with Gasteiger partial charge in [-0.1, -0.05) is 6.07 Å². The van der Waals surface area contributed by atoms with Crippen molar-refractivity contribution in [1.82, 2.24) is 9.80 Å². The number of likely N-dealkylation sites (tertiary alicyclic amines) is 2. The van der Waals surface area contributed by atoms with E-state index in [1.165, 1.54) is 0 Å². The lowest BCUT2D eigenvalue weighted by Crippen LogP contribution is -2.54. The number of anilines is 1. The zero-order valence-corrected chi connectivity index (χ0v) is 17.7. The number of piperidine rings is 2. The van der Waals surface area contributed by atoms with Crippen LogP contribution in [0.15, 0.2) is 18.2 Å². The van der Waals surface area contributed by atoms with Gasteiger partial charge in [-0.15, -0.1) is 0 Å². The highest BCUT2D eigenvalue weighted by Gasteiger charge is 2.42. The van der Waals surface area contributed by atoms with E-state index in [0.717, 1.165) is 81.7 Å². The molecule has 1 atom stereocenters. The molecule has 1 N–H and O–H groups in total. The average Bonchev–Trinajstić information content (AvgIpc) is 3.18. The molecule has 0 bridgehead atoms. The van der Waals surface area contributed by atoms with Gasteiger partial charge >= 0.3 is 6.03 Å². The molecule has 0 aliphatic carbocycles. The summed E-state index contributed by atoms with van der Waals surface area (Å²) in [6.07, 6.45) is 5.86. The van der Waals surface area contributed by atoms with E-state index in [2.05, 4.69) is 11.4 Å². The van der Waals surface area contributed by atoms with Gasteiger partial charge in [-0.3, -0.25) is 4.79 Å². The zero-order chi connectivity index (χ0) is 20.4.